The number of carbonyl (C=O) groups is 1. The average molecular weight is 407 g/mol. The highest BCUT2D eigenvalue weighted by Crippen LogP contribution is 2.29. The van der Waals surface area contributed by atoms with E-state index in [1.54, 1.807) is 4.90 Å². The lowest BCUT2D eigenvalue weighted by Gasteiger charge is -2.33. The van der Waals surface area contributed by atoms with Crippen LogP contribution in [0.3, 0.4) is 0 Å². The SMILES string of the molecule is O=C(COc1ccccc1)N1CCCCC1c1noc(COCc2ccccc2)n1. The molecule has 1 saturated heterocycles. The highest BCUT2D eigenvalue weighted by molar-refractivity contribution is 5.78. The first kappa shape index (κ1) is 20.1. The molecular weight excluding hydrogens is 382 g/mol. The van der Waals surface area contributed by atoms with Crippen LogP contribution < -0.4 is 4.74 Å². The molecule has 0 bridgehead atoms. The third kappa shape index (κ3) is 5.24. The number of rotatable bonds is 8. The Morgan fingerprint density at radius 3 is 2.60 bits per heavy atom. The van der Waals surface area contributed by atoms with Gasteiger partial charge in [0.2, 0.25) is 0 Å². The summed E-state index contributed by atoms with van der Waals surface area (Å²) >= 11 is 0. The first-order chi connectivity index (χ1) is 14.8. The maximum absolute atomic E-state index is 12.8. The summed E-state index contributed by atoms with van der Waals surface area (Å²) in [5.41, 5.74) is 1.08. The van der Waals surface area contributed by atoms with Gasteiger partial charge in [0.15, 0.2) is 12.4 Å². The highest BCUT2D eigenvalue weighted by atomic mass is 16.5. The van der Waals surface area contributed by atoms with E-state index in [0.717, 1.165) is 24.8 Å². The monoisotopic (exact) mass is 407 g/mol. The molecule has 1 aromatic heterocycles. The van der Waals surface area contributed by atoms with Crippen LogP contribution in [0.5, 0.6) is 5.75 Å². The summed E-state index contributed by atoms with van der Waals surface area (Å²) < 4.78 is 16.7. The molecule has 4 rings (SSSR count). The van der Waals surface area contributed by atoms with Crippen LogP contribution in [-0.2, 0) is 22.7 Å². The number of piperidine rings is 1. The van der Waals surface area contributed by atoms with E-state index in [0.29, 0.717) is 30.6 Å². The fourth-order valence-electron chi connectivity index (χ4n) is 3.54. The largest absolute Gasteiger partial charge is 0.484 e. The summed E-state index contributed by atoms with van der Waals surface area (Å²) in [6.45, 7) is 1.37. The molecule has 0 N–H and O–H groups in total. The summed E-state index contributed by atoms with van der Waals surface area (Å²) in [5.74, 6) is 1.55. The third-order valence-corrected chi connectivity index (χ3v) is 5.05. The van der Waals surface area contributed by atoms with Crippen LogP contribution in [0.1, 0.15) is 42.6 Å². The van der Waals surface area contributed by atoms with Crippen molar-refractivity contribution in [1.82, 2.24) is 15.0 Å². The number of nitrogens with zero attached hydrogens (tertiary/aromatic N) is 3. The maximum atomic E-state index is 12.8. The van der Waals surface area contributed by atoms with Crippen molar-refractivity contribution >= 4 is 5.91 Å². The van der Waals surface area contributed by atoms with E-state index < -0.39 is 0 Å². The average Bonchev–Trinajstić information content (AvgIpc) is 3.28. The standard InChI is InChI=1S/C23H25N3O4/c27-22(17-29-19-11-5-2-6-12-19)26-14-8-7-13-20(26)23-24-21(30-25-23)16-28-15-18-9-3-1-4-10-18/h1-6,9-12,20H,7-8,13-17H2. The van der Waals surface area contributed by atoms with Gasteiger partial charge in [-0.3, -0.25) is 4.79 Å². The minimum absolute atomic E-state index is 0.00852. The molecule has 1 fully saturated rings. The van der Waals surface area contributed by atoms with Gasteiger partial charge in [-0.15, -0.1) is 0 Å². The van der Waals surface area contributed by atoms with Crippen molar-refractivity contribution in [3.05, 3.63) is 77.9 Å². The molecule has 156 valence electrons. The van der Waals surface area contributed by atoms with Crippen LogP contribution in [0.25, 0.3) is 0 Å². The smallest absolute Gasteiger partial charge is 0.261 e. The van der Waals surface area contributed by atoms with E-state index in [1.165, 1.54) is 0 Å². The van der Waals surface area contributed by atoms with Gasteiger partial charge in [-0.25, -0.2) is 0 Å². The van der Waals surface area contributed by atoms with E-state index in [9.17, 15) is 4.79 Å². The first-order valence-electron chi connectivity index (χ1n) is 10.2. The summed E-state index contributed by atoms with van der Waals surface area (Å²) in [4.78, 5) is 19.1. The van der Waals surface area contributed by atoms with Crippen LogP contribution in [-0.4, -0.2) is 34.1 Å². The third-order valence-electron chi connectivity index (χ3n) is 5.05. The van der Waals surface area contributed by atoms with Gasteiger partial charge >= 0.3 is 0 Å². The molecule has 30 heavy (non-hydrogen) atoms. The first-order valence-corrected chi connectivity index (χ1v) is 10.2. The number of aromatic nitrogens is 2. The fraction of sp³-hybridized carbons (Fsp3) is 0.348. The van der Waals surface area contributed by atoms with Gasteiger partial charge in [-0.05, 0) is 37.0 Å². The van der Waals surface area contributed by atoms with Gasteiger partial charge in [-0.2, -0.15) is 4.98 Å². The molecule has 0 spiro atoms. The van der Waals surface area contributed by atoms with Crippen molar-refractivity contribution in [2.45, 2.75) is 38.5 Å². The Morgan fingerprint density at radius 2 is 1.80 bits per heavy atom. The van der Waals surface area contributed by atoms with Crippen molar-refractivity contribution in [1.29, 1.82) is 0 Å². The molecule has 1 atom stereocenters. The topological polar surface area (TPSA) is 77.7 Å². The molecule has 0 radical (unpaired) electrons. The molecule has 1 aliphatic heterocycles. The Hall–Kier alpha value is -3.19. The number of benzene rings is 2. The number of amides is 1. The Morgan fingerprint density at radius 1 is 1.03 bits per heavy atom. The van der Waals surface area contributed by atoms with E-state index in [2.05, 4.69) is 10.1 Å². The second-order valence-corrected chi connectivity index (χ2v) is 7.23. The number of carbonyl (C=O) groups excluding carboxylic acids is 1. The molecule has 2 aromatic carbocycles. The predicted molar refractivity (Wildman–Crippen MR) is 109 cm³/mol. The molecule has 1 amide bonds. The quantitative estimate of drug-likeness (QED) is 0.563. The lowest BCUT2D eigenvalue weighted by molar-refractivity contribution is -0.137. The predicted octanol–water partition coefficient (Wildman–Crippen LogP) is 3.92. The second-order valence-electron chi connectivity index (χ2n) is 7.23. The van der Waals surface area contributed by atoms with Crippen molar-refractivity contribution in [2.24, 2.45) is 0 Å². The minimum Gasteiger partial charge on any atom is -0.484 e. The van der Waals surface area contributed by atoms with E-state index in [4.69, 9.17) is 14.0 Å². The van der Waals surface area contributed by atoms with Crippen LogP contribution in [0.15, 0.2) is 65.2 Å². The lowest BCUT2D eigenvalue weighted by atomic mass is 10.0. The second kappa shape index (κ2) is 10.0. The van der Waals surface area contributed by atoms with Gasteiger partial charge in [0.25, 0.3) is 11.8 Å². The number of likely N-dealkylation sites (tertiary alicyclic amines) is 1. The zero-order chi connectivity index (χ0) is 20.6. The van der Waals surface area contributed by atoms with E-state index in [-0.39, 0.29) is 25.2 Å². The molecule has 0 aliphatic carbocycles. The molecule has 3 aromatic rings. The number of para-hydroxylation sites is 1. The Balaban J connectivity index is 1.33. The van der Waals surface area contributed by atoms with E-state index in [1.807, 2.05) is 60.7 Å². The lowest BCUT2D eigenvalue weighted by Crippen LogP contribution is -2.41. The zero-order valence-electron chi connectivity index (χ0n) is 16.8. The number of ether oxygens (including phenoxy) is 2. The number of hydrogen-bond acceptors (Lipinski definition) is 6. The Kier molecular flexibility index (Phi) is 6.72. The zero-order valence-corrected chi connectivity index (χ0v) is 16.8. The van der Waals surface area contributed by atoms with Gasteiger partial charge in [0, 0.05) is 6.54 Å². The molecule has 7 heteroatoms. The molecular formula is C23H25N3O4. The summed E-state index contributed by atoms with van der Waals surface area (Å²) in [6.07, 6.45) is 2.78. The Bertz CT molecular complexity index is 930. The van der Waals surface area contributed by atoms with E-state index >= 15 is 0 Å². The molecule has 2 heterocycles. The summed E-state index contributed by atoms with van der Waals surface area (Å²) in [6, 6.07) is 19.1. The maximum Gasteiger partial charge on any atom is 0.261 e. The van der Waals surface area contributed by atoms with Crippen LogP contribution >= 0.6 is 0 Å². The fourth-order valence-corrected chi connectivity index (χ4v) is 3.54. The van der Waals surface area contributed by atoms with Crippen molar-refractivity contribution in [2.75, 3.05) is 13.2 Å². The van der Waals surface area contributed by atoms with Crippen molar-refractivity contribution in [3.63, 3.8) is 0 Å². The van der Waals surface area contributed by atoms with Gasteiger partial charge in [0.05, 0.1) is 12.6 Å². The molecule has 0 saturated carbocycles. The van der Waals surface area contributed by atoms with Crippen molar-refractivity contribution < 1.29 is 18.8 Å². The summed E-state index contributed by atoms with van der Waals surface area (Å²) in [5, 5.41) is 4.12. The van der Waals surface area contributed by atoms with Crippen molar-refractivity contribution in [3.8, 4) is 5.75 Å². The molecule has 1 unspecified atom stereocenters. The number of hydrogen-bond donors (Lipinski definition) is 0. The van der Waals surface area contributed by atoms with Gasteiger partial charge < -0.3 is 18.9 Å². The van der Waals surface area contributed by atoms with Gasteiger partial charge in [-0.1, -0.05) is 53.7 Å². The Labute approximate surface area is 175 Å². The van der Waals surface area contributed by atoms with Crippen LogP contribution in [0.4, 0.5) is 0 Å². The summed E-state index contributed by atoms with van der Waals surface area (Å²) in [7, 11) is 0. The van der Waals surface area contributed by atoms with Crippen LogP contribution in [0.2, 0.25) is 0 Å². The molecule has 7 nitrogen and oxygen atoms in total. The molecule has 1 aliphatic rings. The highest BCUT2D eigenvalue weighted by Gasteiger charge is 2.31. The minimum atomic E-state index is -0.197. The van der Waals surface area contributed by atoms with Crippen LogP contribution in [0, 0.1) is 0 Å². The van der Waals surface area contributed by atoms with Gasteiger partial charge in [0.1, 0.15) is 12.4 Å². The normalized spacial score (nSPS) is 16.4.